The lowest BCUT2D eigenvalue weighted by Crippen LogP contribution is -2.29. The second-order valence-electron chi connectivity index (χ2n) is 4.93. The number of rotatable bonds is 8. The molecular weight excluding hydrogens is 256 g/mol. The fraction of sp³-hybridized carbons (Fsp3) is 0.533. The Hall–Kier alpha value is -1.91. The number of benzene rings is 1. The van der Waals surface area contributed by atoms with E-state index in [2.05, 4.69) is 19.2 Å². The fourth-order valence-corrected chi connectivity index (χ4v) is 2.02. The molecule has 1 aromatic carbocycles. The first-order chi connectivity index (χ1) is 9.58. The van der Waals surface area contributed by atoms with Crippen LogP contribution in [0.25, 0.3) is 0 Å². The van der Waals surface area contributed by atoms with Gasteiger partial charge in [0.2, 0.25) is 0 Å². The van der Waals surface area contributed by atoms with Gasteiger partial charge in [0.05, 0.1) is 4.92 Å². The van der Waals surface area contributed by atoms with Crippen LogP contribution in [0.1, 0.15) is 49.9 Å². The molecule has 0 radical (unpaired) electrons. The largest absolute Gasteiger partial charge is 0.352 e. The molecule has 0 heterocycles. The summed E-state index contributed by atoms with van der Waals surface area (Å²) in [6.07, 6.45) is 4.49. The third-order valence-electron chi connectivity index (χ3n) is 3.43. The van der Waals surface area contributed by atoms with E-state index in [1.165, 1.54) is 30.7 Å². The monoisotopic (exact) mass is 278 g/mol. The first-order valence-electron chi connectivity index (χ1n) is 7.11. The minimum Gasteiger partial charge on any atom is -0.352 e. The van der Waals surface area contributed by atoms with Crippen molar-refractivity contribution in [2.75, 3.05) is 6.54 Å². The number of nitrogens with zero attached hydrogens (tertiary/aromatic N) is 1. The number of unbranched alkanes of at least 4 members (excludes halogenated alkanes) is 1. The van der Waals surface area contributed by atoms with Gasteiger partial charge in [-0.2, -0.15) is 0 Å². The minimum atomic E-state index is -0.473. The average Bonchev–Trinajstić information content (AvgIpc) is 2.47. The summed E-state index contributed by atoms with van der Waals surface area (Å²) in [7, 11) is 0. The maximum atomic E-state index is 11.9. The molecule has 0 saturated carbocycles. The van der Waals surface area contributed by atoms with E-state index in [-0.39, 0.29) is 11.6 Å². The zero-order valence-electron chi connectivity index (χ0n) is 12.1. The van der Waals surface area contributed by atoms with E-state index in [1.54, 1.807) is 0 Å². The summed E-state index contributed by atoms with van der Waals surface area (Å²) in [5.41, 5.74) is 0.455. The average molecular weight is 278 g/mol. The Balaban J connectivity index is 2.51. The second-order valence-corrected chi connectivity index (χ2v) is 4.93. The van der Waals surface area contributed by atoms with Crippen molar-refractivity contribution in [1.29, 1.82) is 0 Å². The van der Waals surface area contributed by atoms with Crippen molar-refractivity contribution >= 4 is 11.6 Å². The quantitative estimate of drug-likeness (QED) is 0.584. The Morgan fingerprint density at radius 3 is 2.45 bits per heavy atom. The van der Waals surface area contributed by atoms with Crippen molar-refractivity contribution in [2.24, 2.45) is 5.92 Å². The van der Waals surface area contributed by atoms with Gasteiger partial charge >= 0.3 is 0 Å². The second kappa shape index (κ2) is 8.30. The van der Waals surface area contributed by atoms with Crippen LogP contribution in [-0.4, -0.2) is 17.4 Å². The Morgan fingerprint density at radius 1 is 1.30 bits per heavy atom. The molecule has 20 heavy (non-hydrogen) atoms. The SMILES string of the molecule is CCCC[C@@H](CC)CNC(=O)c1ccc([N+](=O)[O-])cc1. The third-order valence-corrected chi connectivity index (χ3v) is 3.43. The predicted octanol–water partition coefficient (Wildman–Crippen LogP) is 3.54. The topological polar surface area (TPSA) is 72.2 Å². The van der Waals surface area contributed by atoms with Crippen molar-refractivity contribution in [3.05, 3.63) is 39.9 Å². The molecule has 0 aliphatic rings. The summed E-state index contributed by atoms with van der Waals surface area (Å²) in [5, 5.41) is 13.4. The van der Waals surface area contributed by atoms with Crippen molar-refractivity contribution in [3.63, 3.8) is 0 Å². The standard InChI is InChI=1S/C15H22N2O3/c1-3-5-6-12(4-2)11-16-15(18)13-7-9-14(10-8-13)17(19)20/h7-10,12H,3-6,11H2,1-2H3,(H,16,18)/t12-/m1/s1. The number of amides is 1. The minimum absolute atomic E-state index is 0.00377. The van der Waals surface area contributed by atoms with Crippen LogP contribution in [0.4, 0.5) is 5.69 Å². The molecule has 0 bridgehead atoms. The van der Waals surface area contributed by atoms with Crippen molar-refractivity contribution < 1.29 is 9.72 Å². The maximum absolute atomic E-state index is 11.9. The van der Waals surface area contributed by atoms with Gasteiger partial charge in [-0.15, -0.1) is 0 Å². The van der Waals surface area contributed by atoms with E-state index >= 15 is 0 Å². The molecule has 0 saturated heterocycles. The molecule has 0 unspecified atom stereocenters. The lowest BCUT2D eigenvalue weighted by Gasteiger charge is -2.15. The van der Waals surface area contributed by atoms with Gasteiger partial charge in [0.1, 0.15) is 0 Å². The van der Waals surface area contributed by atoms with Gasteiger partial charge in [0.25, 0.3) is 11.6 Å². The van der Waals surface area contributed by atoms with E-state index in [9.17, 15) is 14.9 Å². The Kier molecular flexibility index (Phi) is 6.70. The van der Waals surface area contributed by atoms with Gasteiger partial charge in [-0.25, -0.2) is 0 Å². The van der Waals surface area contributed by atoms with Crippen LogP contribution in [0.2, 0.25) is 0 Å². The Morgan fingerprint density at radius 2 is 1.95 bits per heavy atom. The van der Waals surface area contributed by atoms with Gasteiger partial charge < -0.3 is 5.32 Å². The summed E-state index contributed by atoms with van der Waals surface area (Å²) < 4.78 is 0. The lowest BCUT2D eigenvalue weighted by molar-refractivity contribution is -0.384. The number of nitrogens with one attached hydrogen (secondary N) is 1. The fourth-order valence-electron chi connectivity index (χ4n) is 2.02. The first-order valence-corrected chi connectivity index (χ1v) is 7.11. The Labute approximate surface area is 119 Å². The van der Waals surface area contributed by atoms with Crippen LogP contribution in [0.15, 0.2) is 24.3 Å². The molecule has 1 amide bonds. The number of non-ortho nitro benzene ring substituents is 1. The number of carbonyl (C=O) groups is 1. The first kappa shape index (κ1) is 16.1. The van der Waals surface area contributed by atoms with Gasteiger partial charge in [-0.05, 0) is 24.5 Å². The highest BCUT2D eigenvalue weighted by Gasteiger charge is 2.11. The van der Waals surface area contributed by atoms with E-state index in [1.807, 2.05) is 0 Å². The molecule has 1 atom stereocenters. The van der Waals surface area contributed by atoms with Gasteiger partial charge in [0, 0.05) is 24.2 Å². The van der Waals surface area contributed by atoms with Gasteiger partial charge in [-0.1, -0.05) is 33.1 Å². The Bertz CT molecular complexity index is 443. The molecule has 110 valence electrons. The smallest absolute Gasteiger partial charge is 0.269 e. The predicted molar refractivity (Wildman–Crippen MR) is 78.7 cm³/mol. The maximum Gasteiger partial charge on any atom is 0.269 e. The molecular formula is C15H22N2O3. The van der Waals surface area contributed by atoms with Crippen LogP contribution in [0.5, 0.6) is 0 Å². The highest BCUT2D eigenvalue weighted by molar-refractivity contribution is 5.94. The molecule has 1 rings (SSSR count). The zero-order chi connectivity index (χ0) is 15.0. The summed E-state index contributed by atoms with van der Waals surface area (Å²) >= 11 is 0. The number of carbonyl (C=O) groups excluding carboxylic acids is 1. The lowest BCUT2D eigenvalue weighted by atomic mass is 9.99. The van der Waals surface area contributed by atoms with Crippen LogP contribution in [0.3, 0.4) is 0 Å². The third kappa shape index (κ3) is 4.99. The summed E-state index contributed by atoms with van der Waals surface area (Å²) in [4.78, 5) is 22.0. The molecule has 1 N–H and O–H groups in total. The van der Waals surface area contributed by atoms with E-state index in [4.69, 9.17) is 0 Å². The molecule has 0 aliphatic heterocycles. The van der Waals surface area contributed by atoms with Crippen LogP contribution >= 0.6 is 0 Å². The molecule has 0 aliphatic carbocycles. The van der Waals surface area contributed by atoms with E-state index in [0.29, 0.717) is 18.0 Å². The summed E-state index contributed by atoms with van der Waals surface area (Å²) in [6.45, 7) is 4.94. The molecule has 5 heteroatoms. The van der Waals surface area contributed by atoms with Crippen molar-refractivity contribution in [1.82, 2.24) is 5.32 Å². The normalized spacial score (nSPS) is 11.9. The van der Waals surface area contributed by atoms with E-state index in [0.717, 1.165) is 19.3 Å². The number of hydrogen-bond donors (Lipinski definition) is 1. The van der Waals surface area contributed by atoms with Gasteiger partial charge in [-0.3, -0.25) is 14.9 Å². The zero-order valence-corrected chi connectivity index (χ0v) is 12.1. The molecule has 0 aromatic heterocycles. The summed E-state index contributed by atoms with van der Waals surface area (Å²) in [5.74, 6) is 0.326. The number of nitro benzene ring substituents is 1. The highest BCUT2D eigenvalue weighted by Crippen LogP contribution is 2.13. The van der Waals surface area contributed by atoms with Crippen molar-refractivity contribution in [2.45, 2.75) is 39.5 Å². The van der Waals surface area contributed by atoms with Crippen LogP contribution in [0, 0.1) is 16.0 Å². The van der Waals surface area contributed by atoms with Crippen LogP contribution < -0.4 is 5.32 Å². The molecule has 0 spiro atoms. The van der Waals surface area contributed by atoms with Gasteiger partial charge in [0.15, 0.2) is 0 Å². The molecule has 1 aromatic rings. The van der Waals surface area contributed by atoms with Crippen molar-refractivity contribution in [3.8, 4) is 0 Å². The van der Waals surface area contributed by atoms with Crippen LogP contribution in [-0.2, 0) is 0 Å². The molecule has 5 nitrogen and oxygen atoms in total. The highest BCUT2D eigenvalue weighted by atomic mass is 16.6. The van der Waals surface area contributed by atoms with E-state index < -0.39 is 4.92 Å². The number of nitro groups is 1. The number of hydrogen-bond acceptors (Lipinski definition) is 3. The summed E-state index contributed by atoms with van der Waals surface area (Å²) in [6, 6.07) is 5.67. The molecule has 0 fully saturated rings.